The molecule has 0 rings (SSSR count). The quantitative estimate of drug-likeness (QED) is 0.554. The Balaban J connectivity index is 4.85. The molecular weight excluding hydrogens is 228 g/mol. The Kier molecular flexibility index (Phi) is 7.92. The molecule has 3 nitrogen and oxygen atoms in total. The number of carbonyl (C=O) groups excluding carboxylic acids is 1. The fourth-order valence-electron chi connectivity index (χ4n) is 2.00. The van der Waals surface area contributed by atoms with E-state index in [0.717, 1.165) is 0 Å². The van der Waals surface area contributed by atoms with Gasteiger partial charge in [-0.05, 0) is 25.2 Å². The topological polar surface area (TPSA) is 46.5 Å². The van der Waals surface area contributed by atoms with Crippen molar-refractivity contribution in [2.24, 2.45) is 17.8 Å². The van der Waals surface area contributed by atoms with Crippen molar-refractivity contribution in [2.45, 2.75) is 39.7 Å². The Morgan fingerprint density at radius 2 is 2.00 bits per heavy atom. The summed E-state index contributed by atoms with van der Waals surface area (Å²) in [6, 6.07) is 0. The lowest BCUT2D eigenvalue weighted by molar-refractivity contribution is -0.156. The van der Waals surface area contributed by atoms with Crippen LogP contribution in [0.5, 0.6) is 0 Å². The monoisotopic (exact) mass is 250 g/mol. The molecule has 3 atom stereocenters. The van der Waals surface area contributed by atoms with E-state index in [-0.39, 0.29) is 18.4 Å². The second-order valence-electron chi connectivity index (χ2n) is 4.54. The normalized spacial score (nSPS) is 15.3. The van der Waals surface area contributed by atoms with Gasteiger partial charge in [0.2, 0.25) is 0 Å². The molecule has 3 heteroatoms. The molecule has 1 N–H and O–H groups in total. The van der Waals surface area contributed by atoms with Crippen LogP contribution in [0.1, 0.15) is 33.6 Å². The van der Waals surface area contributed by atoms with Crippen LogP contribution >= 0.6 is 0 Å². The van der Waals surface area contributed by atoms with Crippen LogP contribution in [0.25, 0.3) is 0 Å². The highest BCUT2D eigenvalue weighted by molar-refractivity contribution is 5.75. The lowest BCUT2D eigenvalue weighted by Crippen LogP contribution is -2.37. The number of aliphatic hydroxyl groups excluding tert-OH is 1. The van der Waals surface area contributed by atoms with Gasteiger partial charge in [0.1, 0.15) is 0 Å². The van der Waals surface area contributed by atoms with E-state index in [1.54, 1.807) is 6.92 Å². The molecular formula is C15H22O3. The molecule has 18 heavy (non-hydrogen) atoms. The maximum atomic E-state index is 11.5. The van der Waals surface area contributed by atoms with Crippen LogP contribution in [0.15, 0.2) is 0 Å². The summed E-state index contributed by atoms with van der Waals surface area (Å²) < 4.78 is 4.80. The summed E-state index contributed by atoms with van der Waals surface area (Å²) >= 11 is 0. The Morgan fingerprint density at radius 1 is 1.39 bits per heavy atom. The van der Waals surface area contributed by atoms with Crippen molar-refractivity contribution in [3.05, 3.63) is 0 Å². The highest BCUT2D eigenvalue weighted by Gasteiger charge is 2.33. The minimum absolute atomic E-state index is 0.00505. The lowest BCUT2D eigenvalue weighted by atomic mass is 9.78. The molecule has 0 amide bonds. The Bertz CT molecular complexity index is 333. The minimum atomic E-state index is -1.28. The molecule has 0 aliphatic rings. The van der Waals surface area contributed by atoms with Crippen LogP contribution < -0.4 is 0 Å². The first kappa shape index (κ1) is 16.6. The molecule has 0 saturated heterocycles. The van der Waals surface area contributed by atoms with Gasteiger partial charge in [0.25, 0.3) is 0 Å². The van der Waals surface area contributed by atoms with Gasteiger partial charge in [-0.25, -0.2) is 4.79 Å². The summed E-state index contributed by atoms with van der Waals surface area (Å²) in [5.41, 5.74) is 0. The standard InChI is InChI=1S/C15H22O3/c1-6-9-10-13(11(4)5)12(7-2)14(16)15(17)18-8-3/h1-2,11-14,16H,8-10H2,3-5H3/t12-,13+,14+/m0/s1. The van der Waals surface area contributed by atoms with Crippen molar-refractivity contribution >= 4 is 5.97 Å². The zero-order valence-electron chi connectivity index (χ0n) is 11.3. The second kappa shape index (κ2) is 8.61. The first-order valence-corrected chi connectivity index (χ1v) is 6.23. The molecule has 0 heterocycles. The maximum absolute atomic E-state index is 11.5. The molecule has 0 aromatic carbocycles. The fourth-order valence-corrected chi connectivity index (χ4v) is 2.00. The number of terminal acetylenes is 2. The van der Waals surface area contributed by atoms with E-state index in [9.17, 15) is 9.90 Å². The summed E-state index contributed by atoms with van der Waals surface area (Å²) in [6.45, 7) is 5.92. The number of hydrogen-bond acceptors (Lipinski definition) is 3. The van der Waals surface area contributed by atoms with Crippen molar-refractivity contribution in [1.29, 1.82) is 0 Å². The van der Waals surface area contributed by atoms with Crippen LogP contribution in [-0.4, -0.2) is 23.8 Å². The zero-order chi connectivity index (χ0) is 14.1. The first-order chi connectivity index (χ1) is 8.49. The number of esters is 1. The summed E-state index contributed by atoms with van der Waals surface area (Å²) in [7, 11) is 0. The Morgan fingerprint density at radius 3 is 2.39 bits per heavy atom. The van der Waals surface area contributed by atoms with Crippen LogP contribution in [0.2, 0.25) is 0 Å². The third-order valence-corrected chi connectivity index (χ3v) is 3.00. The van der Waals surface area contributed by atoms with E-state index >= 15 is 0 Å². The van der Waals surface area contributed by atoms with Gasteiger partial charge >= 0.3 is 5.97 Å². The molecule has 0 saturated carbocycles. The molecule has 0 unspecified atom stereocenters. The van der Waals surface area contributed by atoms with Gasteiger partial charge in [-0.2, -0.15) is 0 Å². The van der Waals surface area contributed by atoms with Crippen LogP contribution in [0.3, 0.4) is 0 Å². The first-order valence-electron chi connectivity index (χ1n) is 6.23. The van der Waals surface area contributed by atoms with Crippen molar-refractivity contribution in [1.82, 2.24) is 0 Å². The van der Waals surface area contributed by atoms with Gasteiger partial charge in [-0.15, -0.1) is 18.8 Å². The highest BCUT2D eigenvalue weighted by atomic mass is 16.5. The van der Waals surface area contributed by atoms with Crippen molar-refractivity contribution < 1.29 is 14.6 Å². The predicted octanol–water partition coefficient (Wildman–Crippen LogP) is 1.85. The molecule has 0 bridgehead atoms. The summed E-state index contributed by atoms with van der Waals surface area (Å²) in [5.74, 6) is 4.10. The van der Waals surface area contributed by atoms with Crippen LogP contribution in [0.4, 0.5) is 0 Å². The summed E-state index contributed by atoms with van der Waals surface area (Å²) in [5, 5.41) is 9.96. The number of aliphatic hydroxyl groups is 1. The van der Waals surface area contributed by atoms with E-state index in [1.807, 2.05) is 13.8 Å². The molecule has 0 fully saturated rings. The Hall–Kier alpha value is -1.45. The fraction of sp³-hybridized carbons (Fsp3) is 0.667. The SMILES string of the molecule is C#CCC[C@H](C(C)C)[C@H](C#C)[C@@H](O)C(=O)OCC. The van der Waals surface area contributed by atoms with E-state index in [1.165, 1.54) is 0 Å². The van der Waals surface area contributed by atoms with E-state index in [4.69, 9.17) is 17.6 Å². The average Bonchev–Trinajstić information content (AvgIpc) is 2.33. The zero-order valence-corrected chi connectivity index (χ0v) is 11.3. The highest BCUT2D eigenvalue weighted by Crippen LogP contribution is 2.28. The van der Waals surface area contributed by atoms with Gasteiger partial charge in [-0.1, -0.05) is 19.8 Å². The van der Waals surface area contributed by atoms with Crippen molar-refractivity contribution in [3.63, 3.8) is 0 Å². The van der Waals surface area contributed by atoms with Gasteiger partial charge in [0.05, 0.1) is 12.5 Å². The summed E-state index contributed by atoms with van der Waals surface area (Å²) in [4.78, 5) is 11.5. The van der Waals surface area contributed by atoms with Gasteiger partial charge in [0.15, 0.2) is 6.10 Å². The predicted molar refractivity (Wildman–Crippen MR) is 71.4 cm³/mol. The third-order valence-electron chi connectivity index (χ3n) is 3.00. The van der Waals surface area contributed by atoms with E-state index < -0.39 is 18.0 Å². The molecule has 0 aliphatic heterocycles. The maximum Gasteiger partial charge on any atom is 0.336 e. The number of carbonyl (C=O) groups is 1. The minimum Gasteiger partial charge on any atom is -0.464 e. The molecule has 0 spiro atoms. The Labute approximate surface area is 110 Å². The van der Waals surface area contributed by atoms with Crippen LogP contribution in [-0.2, 0) is 9.53 Å². The van der Waals surface area contributed by atoms with Crippen molar-refractivity contribution in [3.8, 4) is 24.7 Å². The number of ether oxygens (including phenoxy) is 1. The number of rotatable bonds is 7. The largest absolute Gasteiger partial charge is 0.464 e. The second-order valence-corrected chi connectivity index (χ2v) is 4.54. The molecule has 0 aromatic heterocycles. The molecule has 0 radical (unpaired) electrons. The average molecular weight is 250 g/mol. The lowest BCUT2D eigenvalue weighted by Gasteiger charge is -2.28. The number of hydrogen-bond donors (Lipinski definition) is 1. The van der Waals surface area contributed by atoms with Crippen molar-refractivity contribution in [2.75, 3.05) is 6.61 Å². The smallest absolute Gasteiger partial charge is 0.336 e. The van der Waals surface area contributed by atoms with E-state index in [0.29, 0.717) is 12.8 Å². The van der Waals surface area contributed by atoms with Gasteiger partial charge in [-0.3, -0.25) is 0 Å². The summed E-state index contributed by atoms with van der Waals surface area (Å²) in [6.07, 6.45) is 10.7. The van der Waals surface area contributed by atoms with Gasteiger partial charge < -0.3 is 9.84 Å². The van der Waals surface area contributed by atoms with Gasteiger partial charge in [0, 0.05) is 6.42 Å². The van der Waals surface area contributed by atoms with Crippen LogP contribution in [0, 0.1) is 42.4 Å². The third kappa shape index (κ3) is 4.82. The van der Waals surface area contributed by atoms with E-state index in [2.05, 4.69) is 11.8 Å². The molecule has 0 aliphatic carbocycles. The molecule has 0 aromatic rings. The molecule has 100 valence electrons.